The Kier molecular flexibility index (Phi) is 5.56. The van der Waals surface area contributed by atoms with E-state index in [4.69, 9.17) is 14.5 Å². The molecule has 0 spiro atoms. The number of likely N-dealkylation sites (tertiary alicyclic amines) is 1. The number of rotatable bonds is 3. The van der Waals surface area contributed by atoms with Crippen molar-refractivity contribution in [3.63, 3.8) is 0 Å². The van der Waals surface area contributed by atoms with Gasteiger partial charge in [0.25, 0.3) is 0 Å². The van der Waals surface area contributed by atoms with Gasteiger partial charge in [-0.15, -0.1) is 0 Å². The number of carbonyl (C=O) groups is 2. The lowest BCUT2D eigenvalue weighted by molar-refractivity contribution is -0.135. The smallest absolute Gasteiger partial charge is 0.411 e. The van der Waals surface area contributed by atoms with Gasteiger partial charge in [0, 0.05) is 30.4 Å². The second-order valence-electron chi connectivity index (χ2n) is 8.87. The van der Waals surface area contributed by atoms with Gasteiger partial charge in [0.05, 0.1) is 19.3 Å². The third-order valence-electron chi connectivity index (χ3n) is 5.45. The Labute approximate surface area is 182 Å². The number of methoxy groups -OCH3 is 1. The van der Waals surface area contributed by atoms with Crippen LogP contribution in [0, 0.1) is 0 Å². The van der Waals surface area contributed by atoms with Gasteiger partial charge in [-0.05, 0) is 57.9 Å². The third-order valence-corrected chi connectivity index (χ3v) is 5.45. The van der Waals surface area contributed by atoms with Crippen LogP contribution >= 0.6 is 0 Å². The SMILES string of the molecule is COc1ccc(-c2ncc3c(n2)CN(C(=O)OC(C)(C)C)[C@@H]3C(=O)N2CCCC2)cc1. The summed E-state index contributed by atoms with van der Waals surface area (Å²) in [6.07, 6.45) is 3.11. The van der Waals surface area contributed by atoms with Crippen molar-refractivity contribution in [2.24, 2.45) is 0 Å². The van der Waals surface area contributed by atoms with E-state index in [0.717, 1.165) is 24.2 Å². The molecular formula is C23H28N4O4. The van der Waals surface area contributed by atoms with Crippen molar-refractivity contribution in [2.45, 2.75) is 51.8 Å². The van der Waals surface area contributed by atoms with Crippen LogP contribution in [0.5, 0.6) is 5.75 Å². The van der Waals surface area contributed by atoms with Gasteiger partial charge in [-0.25, -0.2) is 14.8 Å². The number of benzene rings is 1. The zero-order valence-corrected chi connectivity index (χ0v) is 18.4. The monoisotopic (exact) mass is 424 g/mol. The van der Waals surface area contributed by atoms with Gasteiger partial charge >= 0.3 is 6.09 Å². The summed E-state index contributed by atoms with van der Waals surface area (Å²) in [5, 5.41) is 0. The largest absolute Gasteiger partial charge is 0.497 e. The van der Waals surface area contributed by atoms with Gasteiger partial charge in [0.15, 0.2) is 5.82 Å². The molecule has 2 amide bonds. The van der Waals surface area contributed by atoms with Gasteiger partial charge in [0.2, 0.25) is 5.91 Å². The van der Waals surface area contributed by atoms with Gasteiger partial charge in [-0.2, -0.15) is 0 Å². The molecule has 1 atom stereocenters. The van der Waals surface area contributed by atoms with Crippen LogP contribution in [0.15, 0.2) is 30.5 Å². The number of fused-ring (bicyclic) bond motifs is 1. The van der Waals surface area contributed by atoms with E-state index in [-0.39, 0.29) is 12.5 Å². The van der Waals surface area contributed by atoms with E-state index in [9.17, 15) is 9.59 Å². The minimum atomic E-state index is -0.757. The number of ether oxygens (including phenoxy) is 2. The molecule has 0 N–H and O–H groups in total. The fraction of sp³-hybridized carbons (Fsp3) is 0.478. The Morgan fingerprint density at radius 2 is 1.77 bits per heavy atom. The molecule has 164 valence electrons. The lowest BCUT2D eigenvalue weighted by atomic mass is 10.1. The van der Waals surface area contributed by atoms with Gasteiger partial charge in [-0.3, -0.25) is 9.69 Å². The molecule has 31 heavy (non-hydrogen) atoms. The molecule has 1 fully saturated rings. The third kappa shape index (κ3) is 4.33. The maximum absolute atomic E-state index is 13.3. The lowest BCUT2D eigenvalue weighted by Crippen LogP contribution is -2.43. The summed E-state index contributed by atoms with van der Waals surface area (Å²) in [5.41, 5.74) is 1.51. The van der Waals surface area contributed by atoms with E-state index < -0.39 is 17.7 Å². The second kappa shape index (κ2) is 8.17. The fourth-order valence-corrected chi connectivity index (χ4v) is 3.95. The highest BCUT2D eigenvalue weighted by Crippen LogP contribution is 2.36. The summed E-state index contributed by atoms with van der Waals surface area (Å²) in [5.74, 6) is 1.19. The first-order valence-electron chi connectivity index (χ1n) is 10.6. The molecule has 0 radical (unpaired) electrons. The van der Waals surface area contributed by atoms with Crippen LogP contribution in [0.4, 0.5) is 4.79 Å². The number of nitrogens with zero attached hydrogens (tertiary/aromatic N) is 4. The maximum atomic E-state index is 13.3. The molecule has 1 saturated heterocycles. The van der Waals surface area contributed by atoms with Crippen molar-refractivity contribution < 1.29 is 19.1 Å². The van der Waals surface area contributed by atoms with Gasteiger partial charge in [-0.1, -0.05) is 0 Å². The highest BCUT2D eigenvalue weighted by Gasteiger charge is 2.43. The van der Waals surface area contributed by atoms with E-state index >= 15 is 0 Å². The van der Waals surface area contributed by atoms with Gasteiger partial charge < -0.3 is 14.4 Å². The van der Waals surface area contributed by atoms with Crippen LogP contribution in [0.2, 0.25) is 0 Å². The van der Waals surface area contributed by atoms with Crippen LogP contribution < -0.4 is 4.74 Å². The number of amides is 2. The molecule has 8 nitrogen and oxygen atoms in total. The van der Waals surface area contributed by atoms with E-state index in [2.05, 4.69) is 4.98 Å². The molecule has 2 aliphatic rings. The molecule has 0 bridgehead atoms. The Balaban J connectivity index is 1.67. The molecule has 1 aromatic carbocycles. The average Bonchev–Trinajstić information content (AvgIpc) is 3.40. The zero-order chi connectivity index (χ0) is 22.2. The second-order valence-corrected chi connectivity index (χ2v) is 8.87. The summed E-state index contributed by atoms with van der Waals surface area (Å²) >= 11 is 0. The predicted octanol–water partition coefficient (Wildman–Crippen LogP) is 3.57. The quantitative estimate of drug-likeness (QED) is 0.749. The highest BCUT2D eigenvalue weighted by molar-refractivity contribution is 5.88. The van der Waals surface area contributed by atoms with Crippen LogP contribution in [-0.2, 0) is 16.1 Å². The fourth-order valence-electron chi connectivity index (χ4n) is 3.95. The first kappa shape index (κ1) is 21.1. The van der Waals surface area contributed by atoms with Crippen molar-refractivity contribution in [1.29, 1.82) is 0 Å². The van der Waals surface area contributed by atoms with Crippen molar-refractivity contribution in [3.8, 4) is 17.1 Å². The lowest BCUT2D eigenvalue weighted by Gasteiger charge is -2.30. The van der Waals surface area contributed by atoms with Crippen molar-refractivity contribution >= 4 is 12.0 Å². The van der Waals surface area contributed by atoms with Crippen LogP contribution in [0.3, 0.4) is 0 Å². The number of aromatic nitrogens is 2. The predicted molar refractivity (Wildman–Crippen MR) is 114 cm³/mol. The molecule has 3 heterocycles. The molecule has 2 aromatic rings. The summed E-state index contributed by atoms with van der Waals surface area (Å²) in [4.78, 5) is 38.8. The van der Waals surface area contributed by atoms with Gasteiger partial charge in [0.1, 0.15) is 17.4 Å². The standard InChI is InChI=1S/C23H28N4O4/c1-23(2,3)31-22(29)27-14-18-17(19(27)21(28)26-11-5-6-12-26)13-24-20(25-18)15-7-9-16(30-4)10-8-15/h7-10,13,19H,5-6,11-12,14H2,1-4H3/t19-/m0/s1. The van der Waals surface area contributed by atoms with Crippen molar-refractivity contribution in [2.75, 3.05) is 20.2 Å². The number of carbonyl (C=O) groups excluding carboxylic acids is 2. The first-order valence-corrected chi connectivity index (χ1v) is 10.6. The Bertz CT molecular complexity index is 978. The van der Waals surface area contributed by atoms with Crippen molar-refractivity contribution in [1.82, 2.24) is 19.8 Å². The maximum Gasteiger partial charge on any atom is 0.411 e. The highest BCUT2D eigenvalue weighted by atomic mass is 16.6. The molecule has 1 aromatic heterocycles. The number of hydrogen-bond donors (Lipinski definition) is 0. The van der Waals surface area contributed by atoms with Crippen LogP contribution in [0.25, 0.3) is 11.4 Å². The number of hydrogen-bond acceptors (Lipinski definition) is 6. The Hall–Kier alpha value is -3.16. The Morgan fingerprint density at radius 1 is 1.10 bits per heavy atom. The topological polar surface area (TPSA) is 84.9 Å². The molecule has 2 aliphatic heterocycles. The summed E-state index contributed by atoms with van der Waals surface area (Å²) in [6.45, 7) is 7.06. The summed E-state index contributed by atoms with van der Waals surface area (Å²) < 4.78 is 10.8. The summed E-state index contributed by atoms with van der Waals surface area (Å²) in [7, 11) is 1.61. The molecule has 0 unspecified atom stereocenters. The Morgan fingerprint density at radius 3 is 2.39 bits per heavy atom. The van der Waals surface area contributed by atoms with E-state index in [1.165, 1.54) is 4.90 Å². The minimum absolute atomic E-state index is 0.0945. The molecule has 0 aliphatic carbocycles. The minimum Gasteiger partial charge on any atom is -0.497 e. The van der Waals surface area contributed by atoms with Crippen molar-refractivity contribution in [3.05, 3.63) is 41.7 Å². The molecule has 4 rings (SSSR count). The van der Waals surface area contributed by atoms with Crippen LogP contribution in [-0.4, -0.2) is 57.6 Å². The van der Waals surface area contributed by atoms with E-state index in [1.807, 2.05) is 49.9 Å². The summed E-state index contributed by atoms with van der Waals surface area (Å²) in [6, 6.07) is 6.70. The zero-order valence-electron chi connectivity index (χ0n) is 18.4. The molecule has 8 heteroatoms. The normalized spacial score (nSPS) is 18.1. The van der Waals surface area contributed by atoms with Crippen LogP contribution in [0.1, 0.15) is 50.9 Å². The first-order chi connectivity index (χ1) is 14.8. The average molecular weight is 425 g/mol. The van der Waals surface area contributed by atoms with E-state index in [0.29, 0.717) is 30.2 Å². The van der Waals surface area contributed by atoms with E-state index in [1.54, 1.807) is 13.3 Å². The molecular weight excluding hydrogens is 396 g/mol. The molecule has 0 saturated carbocycles.